The molecular weight excluding hydrogens is 567 g/mol. The molecule has 1 unspecified atom stereocenters. The first kappa shape index (κ1) is 29.6. The molecule has 1 aliphatic carbocycles. The van der Waals surface area contributed by atoms with Crippen molar-refractivity contribution in [1.82, 2.24) is 9.80 Å². The summed E-state index contributed by atoms with van der Waals surface area (Å²) in [5.41, 5.74) is 3.20. The number of anilines is 2. The van der Waals surface area contributed by atoms with Crippen molar-refractivity contribution in [2.45, 2.75) is 38.1 Å². The Morgan fingerprint density at radius 1 is 1.00 bits per heavy atom. The molecule has 226 valence electrons. The molecule has 2 aliphatic heterocycles. The predicted octanol–water partition coefficient (Wildman–Crippen LogP) is 6.12. The number of para-hydroxylation sites is 1. The molecule has 3 aromatic rings. The Kier molecular flexibility index (Phi) is 8.45. The van der Waals surface area contributed by atoms with Gasteiger partial charge in [0.25, 0.3) is 11.8 Å². The predicted molar refractivity (Wildman–Crippen MR) is 168 cm³/mol. The summed E-state index contributed by atoms with van der Waals surface area (Å²) in [5, 5.41) is 2.88. The second-order valence-electron chi connectivity index (χ2n) is 12.2. The Balaban J connectivity index is 1.21. The Hall–Kier alpha value is -3.46. The lowest BCUT2D eigenvalue weighted by atomic mass is 9.77. The first-order valence-electron chi connectivity index (χ1n) is 15.0. The highest BCUT2D eigenvalue weighted by Gasteiger charge is 2.44. The van der Waals surface area contributed by atoms with Gasteiger partial charge in [0.15, 0.2) is 0 Å². The summed E-state index contributed by atoms with van der Waals surface area (Å²) in [6.07, 6.45) is 5.50. The van der Waals surface area contributed by atoms with E-state index in [-0.39, 0.29) is 21.9 Å². The van der Waals surface area contributed by atoms with Crippen LogP contribution in [0.5, 0.6) is 5.75 Å². The van der Waals surface area contributed by atoms with E-state index < -0.39 is 11.7 Å². The minimum atomic E-state index is -0.569. The average Bonchev–Trinajstić information content (AvgIpc) is 3.35. The number of piperazine rings is 1. The Labute approximate surface area is 257 Å². The van der Waals surface area contributed by atoms with Crippen molar-refractivity contribution in [3.63, 3.8) is 0 Å². The van der Waals surface area contributed by atoms with E-state index >= 15 is 0 Å². The summed E-state index contributed by atoms with van der Waals surface area (Å²) >= 11 is 6.12. The van der Waals surface area contributed by atoms with Gasteiger partial charge in [-0.25, -0.2) is 4.39 Å². The van der Waals surface area contributed by atoms with Gasteiger partial charge in [-0.1, -0.05) is 29.8 Å². The number of fused-ring (bicyclic) bond motifs is 1. The van der Waals surface area contributed by atoms with Gasteiger partial charge in [0, 0.05) is 50.0 Å². The molecule has 1 spiro atoms. The number of ether oxygens (including phenoxy) is 1. The van der Waals surface area contributed by atoms with Crippen molar-refractivity contribution in [2.75, 3.05) is 57.1 Å². The van der Waals surface area contributed by atoms with Gasteiger partial charge in [0.1, 0.15) is 11.6 Å². The van der Waals surface area contributed by atoms with Gasteiger partial charge in [-0.3, -0.25) is 14.5 Å². The van der Waals surface area contributed by atoms with Gasteiger partial charge in [-0.15, -0.1) is 0 Å². The second kappa shape index (κ2) is 12.3. The van der Waals surface area contributed by atoms with Crippen LogP contribution in [0.3, 0.4) is 0 Å². The summed E-state index contributed by atoms with van der Waals surface area (Å²) < 4.78 is 19.3. The van der Waals surface area contributed by atoms with Gasteiger partial charge in [-0.05, 0) is 92.6 Å². The molecule has 3 aromatic carbocycles. The van der Waals surface area contributed by atoms with Crippen LogP contribution in [0.25, 0.3) is 0 Å². The van der Waals surface area contributed by atoms with E-state index in [1.807, 2.05) is 17.0 Å². The van der Waals surface area contributed by atoms with E-state index in [0.29, 0.717) is 29.6 Å². The number of nitrogens with one attached hydrogen (secondary N) is 1. The number of halogens is 2. The first-order chi connectivity index (χ1) is 20.7. The maximum atomic E-state index is 14.1. The average molecular weight is 605 g/mol. The number of carbonyl (C=O) groups is 2. The molecule has 1 saturated carbocycles. The summed E-state index contributed by atoms with van der Waals surface area (Å²) in [6.45, 7) is 5.15. The Morgan fingerprint density at radius 3 is 2.58 bits per heavy atom. The third-order valence-electron chi connectivity index (χ3n) is 9.56. The van der Waals surface area contributed by atoms with Crippen LogP contribution >= 0.6 is 11.6 Å². The summed E-state index contributed by atoms with van der Waals surface area (Å²) in [5.74, 6) is -0.908. The van der Waals surface area contributed by atoms with Crippen LogP contribution in [0.4, 0.5) is 15.8 Å². The minimum Gasteiger partial charge on any atom is -0.495 e. The van der Waals surface area contributed by atoms with Crippen LogP contribution in [0, 0.1) is 11.2 Å². The number of benzene rings is 3. The monoisotopic (exact) mass is 604 g/mol. The van der Waals surface area contributed by atoms with Crippen molar-refractivity contribution in [3.05, 3.63) is 88.2 Å². The van der Waals surface area contributed by atoms with Gasteiger partial charge >= 0.3 is 0 Å². The van der Waals surface area contributed by atoms with E-state index in [4.69, 9.17) is 16.3 Å². The van der Waals surface area contributed by atoms with Gasteiger partial charge in [0.05, 0.1) is 23.4 Å². The van der Waals surface area contributed by atoms with Crippen molar-refractivity contribution in [1.29, 1.82) is 0 Å². The molecule has 0 bridgehead atoms. The summed E-state index contributed by atoms with van der Waals surface area (Å²) in [7, 11) is 3.68. The third kappa shape index (κ3) is 6.14. The lowest BCUT2D eigenvalue weighted by Gasteiger charge is -2.37. The van der Waals surface area contributed by atoms with E-state index in [9.17, 15) is 14.0 Å². The lowest BCUT2D eigenvalue weighted by Crippen LogP contribution is -2.48. The molecule has 1 saturated heterocycles. The molecule has 2 heterocycles. The van der Waals surface area contributed by atoms with Gasteiger partial charge in [0.2, 0.25) is 0 Å². The zero-order chi connectivity index (χ0) is 30.1. The van der Waals surface area contributed by atoms with Crippen LogP contribution in [0.15, 0.2) is 60.7 Å². The second-order valence-corrected chi connectivity index (χ2v) is 12.6. The number of methoxy groups -OCH3 is 1. The van der Waals surface area contributed by atoms with E-state index in [2.05, 4.69) is 34.3 Å². The fourth-order valence-corrected chi connectivity index (χ4v) is 7.31. The van der Waals surface area contributed by atoms with Crippen LogP contribution in [-0.2, 0) is 6.42 Å². The number of rotatable bonds is 5. The molecule has 2 fully saturated rings. The van der Waals surface area contributed by atoms with Crippen molar-refractivity contribution in [2.24, 2.45) is 5.41 Å². The molecule has 43 heavy (non-hydrogen) atoms. The molecule has 0 radical (unpaired) electrons. The Bertz CT molecular complexity index is 1530. The molecule has 2 amide bonds. The van der Waals surface area contributed by atoms with Crippen LogP contribution in [0.2, 0.25) is 5.02 Å². The molecule has 9 heteroatoms. The molecule has 7 nitrogen and oxygen atoms in total. The molecular formula is C34H38ClFN4O3. The standard InChI is InChI=1S/C34H38ClFN4O3/c1-38-15-17-39(18-16-38)26-11-12-34(22-26)13-14-40(30-6-4-3-5-24(30)21-34)33(42)23-7-10-29(31(19-23)43-2)37-32(41)27-20-25(36)8-9-28(27)35/h3-10,19-20,26H,11-18,21-22H2,1-2H3,(H,37,41)/t26?,34-/m0/s1. The Morgan fingerprint density at radius 2 is 1.79 bits per heavy atom. The maximum absolute atomic E-state index is 14.1. The van der Waals surface area contributed by atoms with E-state index in [1.165, 1.54) is 44.1 Å². The number of likely N-dealkylation sites (N-methyl/N-ethyl adjacent to an activating group) is 1. The molecule has 1 N–H and O–H groups in total. The smallest absolute Gasteiger partial charge is 0.258 e. The molecule has 2 atom stereocenters. The lowest BCUT2D eigenvalue weighted by molar-refractivity contribution is 0.0977. The minimum absolute atomic E-state index is 0.0146. The van der Waals surface area contributed by atoms with Crippen LogP contribution in [0.1, 0.15) is 52.0 Å². The number of nitrogens with zero attached hydrogens (tertiary/aromatic N) is 3. The summed E-state index contributed by atoms with van der Waals surface area (Å²) in [4.78, 5) is 33.9. The van der Waals surface area contributed by atoms with E-state index in [0.717, 1.165) is 50.8 Å². The van der Waals surface area contributed by atoms with Crippen LogP contribution in [-0.4, -0.2) is 74.5 Å². The molecule has 0 aromatic heterocycles. The number of hydrogen-bond acceptors (Lipinski definition) is 5. The first-order valence-corrected chi connectivity index (χ1v) is 15.4. The van der Waals surface area contributed by atoms with Gasteiger partial charge in [-0.2, -0.15) is 0 Å². The number of amides is 2. The highest BCUT2D eigenvalue weighted by molar-refractivity contribution is 6.34. The zero-order valence-corrected chi connectivity index (χ0v) is 25.5. The zero-order valence-electron chi connectivity index (χ0n) is 24.7. The molecule has 3 aliphatic rings. The SMILES string of the molecule is COc1cc(C(=O)N2CC[C@@]3(CCC(N4CCN(C)CC4)C3)Cc3ccccc32)ccc1NC(=O)c1cc(F)ccc1Cl. The van der Waals surface area contributed by atoms with Crippen molar-refractivity contribution in [3.8, 4) is 5.75 Å². The fourth-order valence-electron chi connectivity index (χ4n) is 7.10. The highest BCUT2D eigenvalue weighted by atomic mass is 35.5. The number of hydrogen-bond donors (Lipinski definition) is 1. The van der Waals surface area contributed by atoms with E-state index in [1.54, 1.807) is 18.2 Å². The van der Waals surface area contributed by atoms with Gasteiger partial charge < -0.3 is 19.9 Å². The summed E-state index contributed by atoms with van der Waals surface area (Å²) in [6, 6.07) is 17.5. The third-order valence-corrected chi connectivity index (χ3v) is 9.89. The fraction of sp³-hybridized carbons (Fsp3) is 0.412. The van der Waals surface area contributed by atoms with Crippen molar-refractivity contribution < 1.29 is 18.7 Å². The largest absolute Gasteiger partial charge is 0.495 e. The normalized spacial score (nSPS) is 22.7. The molecule has 6 rings (SSSR count). The highest BCUT2D eigenvalue weighted by Crippen LogP contribution is 2.49. The number of carbonyl (C=O) groups excluding carboxylic acids is 2. The van der Waals surface area contributed by atoms with Crippen LogP contribution < -0.4 is 15.0 Å². The van der Waals surface area contributed by atoms with Crippen molar-refractivity contribution >= 4 is 34.8 Å². The topological polar surface area (TPSA) is 65.1 Å². The maximum Gasteiger partial charge on any atom is 0.258 e. The quantitative estimate of drug-likeness (QED) is 0.380.